The maximum Gasteiger partial charge on any atom is 0.258 e. The maximum atomic E-state index is 12.3. The minimum Gasteiger partial charge on any atom is -0.369 e. The first kappa shape index (κ1) is 16.7. The highest BCUT2D eigenvalue weighted by Crippen LogP contribution is 2.16. The van der Waals surface area contributed by atoms with Crippen molar-refractivity contribution in [2.75, 3.05) is 11.1 Å². The molecule has 0 fully saturated rings. The van der Waals surface area contributed by atoms with Gasteiger partial charge in [-0.2, -0.15) is 0 Å². The summed E-state index contributed by atoms with van der Waals surface area (Å²) < 4.78 is 1.20. The number of nitrogen functional groups attached to an aromatic ring is 1. The summed E-state index contributed by atoms with van der Waals surface area (Å²) in [6, 6.07) is 5.81. The molecule has 0 spiro atoms. The summed E-state index contributed by atoms with van der Waals surface area (Å²) in [6.07, 6.45) is 0.626. The van der Waals surface area contributed by atoms with Gasteiger partial charge in [0.2, 0.25) is 11.9 Å². The largest absolute Gasteiger partial charge is 0.369 e. The second-order valence-corrected chi connectivity index (χ2v) is 5.65. The topological polar surface area (TPSA) is 90.0 Å². The molecule has 0 unspecified atom stereocenters. The molecule has 122 valence electrons. The molecule has 2 aromatic rings. The molecule has 0 saturated heterocycles. The van der Waals surface area contributed by atoms with Crippen LogP contribution in [0.15, 0.2) is 23.0 Å². The zero-order valence-electron chi connectivity index (χ0n) is 13.9. The first-order valence-electron chi connectivity index (χ1n) is 7.56. The van der Waals surface area contributed by atoms with Gasteiger partial charge in [0, 0.05) is 11.3 Å². The molecule has 6 nitrogen and oxygen atoms in total. The molecule has 0 aliphatic rings. The Morgan fingerprint density at radius 2 is 2.00 bits per heavy atom. The summed E-state index contributed by atoms with van der Waals surface area (Å²) >= 11 is 0. The molecule has 6 heteroatoms. The number of carbonyl (C=O) groups is 1. The second kappa shape index (κ2) is 6.64. The van der Waals surface area contributed by atoms with Gasteiger partial charge in [0.15, 0.2) is 0 Å². The number of rotatable bonds is 4. The molecular formula is C17H22N4O2. The van der Waals surface area contributed by atoms with Crippen LogP contribution in [0.5, 0.6) is 0 Å². The average Bonchev–Trinajstić information content (AvgIpc) is 2.51. The summed E-state index contributed by atoms with van der Waals surface area (Å²) in [5.74, 6) is -0.244. The van der Waals surface area contributed by atoms with Crippen molar-refractivity contribution in [3.63, 3.8) is 0 Å². The van der Waals surface area contributed by atoms with Crippen LogP contribution in [0.4, 0.5) is 11.6 Å². The average molecular weight is 314 g/mol. The van der Waals surface area contributed by atoms with E-state index in [1.165, 1.54) is 4.57 Å². The Labute approximate surface area is 135 Å². The molecule has 1 heterocycles. The Hall–Kier alpha value is -2.63. The van der Waals surface area contributed by atoms with Crippen LogP contribution >= 0.6 is 0 Å². The van der Waals surface area contributed by atoms with E-state index in [2.05, 4.69) is 10.3 Å². The molecular weight excluding hydrogens is 292 g/mol. The molecule has 1 aromatic heterocycles. The number of anilines is 2. The van der Waals surface area contributed by atoms with Gasteiger partial charge in [0.1, 0.15) is 6.54 Å². The molecule has 0 saturated carbocycles. The van der Waals surface area contributed by atoms with Crippen molar-refractivity contribution in [3.8, 4) is 0 Å². The van der Waals surface area contributed by atoms with E-state index in [1.807, 2.05) is 39.0 Å². The summed E-state index contributed by atoms with van der Waals surface area (Å²) in [5.41, 5.74) is 9.50. The number of amides is 1. The summed E-state index contributed by atoms with van der Waals surface area (Å²) in [6.45, 7) is 7.32. The van der Waals surface area contributed by atoms with Crippen LogP contribution in [0.2, 0.25) is 0 Å². The predicted octanol–water partition coefficient (Wildman–Crippen LogP) is 1.95. The predicted molar refractivity (Wildman–Crippen MR) is 91.6 cm³/mol. The number of aromatic nitrogens is 2. The minimum absolute atomic E-state index is 0.0635. The maximum absolute atomic E-state index is 12.3. The van der Waals surface area contributed by atoms with Crippen LogP contribution in [-0.4, -0.2) is 15.5 Å². The van der Waals surface area contributed by atoms with Gasteiger partial charge in [-0.1, -0.05) is 19.1 Å². The summed E-state index contributed by atoms with van der Waals surface area (Å²) in [4.78, 5) is 28.8. The van der Waals surface area contributed by atoms with Crippen molar-refractivity contribution in [2.45, 2.75) is 40.7 Å². The van der Waals surface area contributed by atoms with E-state index in [1.54, 1.807) is 6.92 Å². The van der Waals surface area contributed by atoms with Crippen molar-refractivity contribution in [2.24, 2.45) is 0 Å². The van der Waals surface area contributed by atoms with Gasteiger partial charge >= 0.3 is 0 Å². The third kappa shape index (κ3) is 3.59. The third-order valence-electron chi connectivity index (χ3n) is 3.83. The van der Waals surface area contributed by atoms with Gasteiger partial charge < -0.3 is 11.1 Å². The van der Waals surface area contributed by atoms with E-state index in [0.717, 1.165) is 16.8 Å². The van der Waals surface area contributed by atoms with Crippen molar-refractivity contribution in [3.05, 3.63) is 50.9 Å². The molecule has 0 atom stereocenters. The first-order valence-corrected chi connectivity index (χ1v) is 7.56. The lowest BCUT2D eigenvalue weighted by Gasteiger charge is -2.13. The molecule has 0 bridgehead atoms. The zero-order chi connectivity index (χ0) is 17.1. The fourth-order valence-electron chi connectivity index (χ4n) is 2.41. The van der Waals surface area contributed by atoms with Crippen LogP contribution in [0.25, 0.3) is 0 Å². The molecule has 0 radical (unpaired) electrons. The zero-order valence-corrected chi connectivity index (χ0v) is 13.9. The highest BCUT2D eigenvalue weighted by Gasteiger charge is 2.14. The van der Waals surface area contributed by atoms with Crippen LogP contribution in [-0.2, 0) is 17.8 Å². The number of hydrogen-bond acceptors (Lipinski definition) is 4. The van der Waals surface area contributed by atoms with Crippen LogP contribution in [0, 0.1) is 20.8 Å². The second-order valence-electron chi connectivity index (χ2n) is 5.65. The van der Waals surface area contributed by atoms with E-state index in [9.17, 15) is 9.59 Å². The molecule has 0 aliphatic heterocycles. The molecule has 1 aromatic carbocycles. The van der Waals surface area contributed by atoms with E-state index in [0.29, 0.717) is 17.7 Å². The molecule has 3 N–H and O–H groups in total. The van der Waals surface area contributed by atoms with Crippen molar-refractivity contribution < 1.29 is 4.79 Å². The van der Waals surface area contributed by atoms with E-state index in [-0.39, 0.29) is 24.0 Å². The number of hydrogen-bond donors (Lipinski definition) is 2. The van der Waals surface area contributed by atoms with Crippen LogP contribution in [0.3, 0.4) is 0 Å². The summed E-state index contributed by atoms with van der Waals surface area (Å²) in [7, 11) is 0. The Morgan fingerprint density at radius 3 is 2.65 bits per heavy atom. The SMILES string of the molecule is CCc1nc(N)n(CC(=O)Nc2cc(C)ccc2C)c(=O)c1C. The highest BCUT2D eigenvalue weighted by atomic mass is 16.2. The smallest absolute Gasteiger partial charge is 0.258 e. The number of nitrogens with zero attached hydrogens (tertiary/aromatic N) is 2. The van der Waals surface area contributed by atoms with Gasteiger partial charge in [-0.25, -0.2) is 4.98 Å². The monoisotopic (exact) mass is 314 g/mol. The Balaban J connectivity index is 2.26. The van der Waals surface area contributed by atoms with Crippen molar-refractivity contribution in [1.29, 1.82) is 0 Å². The van der Waals surface area contributed by atoms with Crippen molar-refractivity contribution >= 4 is 17.5 Å². The summed E-state index contributed by atoms with van der Waals surface area (Å²) in [5, 5.41) is 2.82. The molecule has 23 heavy (non-hydrogen) atoms. The number of carbonyl (C=O) groups excluding carboxylic acids is 1. The van der Waals surface area contributed by atoms with E-state index in [4.69, 9.17) is 5.73 Å². The third-order valence-corrected chi connectivity index (χ3v) is 3.83. The Bertz CT molecular complexity index is 809. The van der Waals surface area contributed by atoms with Crippen LogP contribution in [0.1, 0.15) is 29.3 Å². The minimum atomic E-state index is -0.307. The van der Waals surface area contributed by atoms with Gasteiger partial charge in [-0.05, 0) is 44.4 Å². The number of benzene rings is 1. The lowest BCUT2D eigenvalue weighted by Crippen LogP contribution is -2.32. The molecule has 2 rings (SSSR count). The first-order chi connectivity index (χ1) is 10.8. The number of nitrogens with two attached hydrogens (primary N) is 1. The number of nitrogens with one attached hydrogen (secondary N) is 1. The quantitative estimate of drug-likeness (QED) is 0.902. The Kier molecular flexibility index (Phi) is 4.83. The lowest BCUT2D eigenvalue weighted by atomic mass is 10.1. The standard InChI is InChI=1S/C17H22N4O2/c1-5-13-12(4)16(23)21(17(18)20-13)9-15(22)19-14-8-10(2)6-7-11(14)3/h6-8H,5,9H2,1-4H3,(H2,18,20)(H,19,22). The van der Waals surface area contributed by atoms with E-state index < -0.39 is 0 Å². The van der Waals surface area contributed by atoms with Crippen LogP contribution < -0.4 is 16.6 Å². The van der Waals surface area contributed by atoms with Crippen molar-refractivity contribution in [1.82, 2.24) is 9.55 Å². The fourth-order valence-corrected chi connectivity index (χ4v) is 2.41. The van der Waals surface area contributed by atoms with Gasteiger partial charge in [0.05, 0.1) is 5.69 Å². The highest BCUT2D eigenvalue weighted by molar-refractivity contribution is 5.91. The lowest BCUT2D eigenvalue weighted by molar-refractivity contribution is -0.116. The van der Waals surface area contributed by atoms with Gasteiger partial charge in [-0.3, -0.25) is 14.2 Å². The van der Waals surface area contributed by atoms with Gasteiger partial charge in [0.25, 0.3) is 5.56 Å². The van der Waals surface area contributed by atoms with Gasteiger partial charge in [-0.15, -0.1) is 0 Å². The fraction of sp³-hybridized carbons (Fsp3) is 0.353. The molecule has 0 aliphatic carbocycles. The normalized spacial score (nSPS) is 10.6. The molecule has 1 amide bonds. The number of aryl methyl sites for hydroxylation is 3. The van der Waals surface area contributed by atoms with E-state index >= 15 is 0 Å². The Morgan fingerprint density at radius 1 is 1.30 bits per heavy atom.